The Bertz CT molecular complexity index is 270. The van der Waals surface area contributed by atoms with E-state index in [1.807, 2.05) is 13.1 Å². The van der Waals surface area contributed by atoms with Gasteiger partial charge in [-0.3, -0.25) is 4.68 Å². The minimum absolute atomic E-state index is 0.470. The molecule has 0 bridgehead atoms. The molecule has 1 unspecified atom stereocenters. The average Bonchev–Trinajstić information content (AvgIpc) is 2.62. The van der Waals surface area contributed by atoms with Crippen LogP contribution in [0.25, 0.3) is 0 Å². The number of aromatic nitrogens is 3. The summed E-state index contributed by atoms with van der Waals surface area (Å²) in [4.78, 5) is 0. The Morgan fingerprint density at radius 2 is 2.21 bits per heavy atom. The molecule has 0 saturated carbocycles. The molecule has 4 heteroatoms. The smallest absolute Gasteiger partial charge is 0.111 e. The first-order valence-electron chi connectivity index (χ1n) is 5.21. The van der Waals surface area contributed by atoms with Gasteiger partial charge in [-0.25, -0.2) is 0 Å². The van der Waals surface area contributed by atoms with Crippen LogP contribution in [0.3, 0.4) is 0 Å². The Morgan fingerprint density at radius 1 is 1.50 bits per heavy atom. The zero-order valence-corrected chi connectivity index (χ0v) is 9.14. The van der Waals surface area contributed by atoms with Crippen LogP contribution in [0.1, 0.15) is 45.4 Å². The number of hydrogen-bond acceptors (Lipinski definition) is 3. The van der Waals surface area contributed by atoms with E-state index < -0.39 is 6.10 Å². The maximum Gasteiger partial charge on any atom is 0.111 e. The molecule has 4 nitrogen and oxygen atoms in total. The van der Waals surface area contributed by atoms with Crippen molar-refractivity contribution in [3.63, 3.8) is 0 Å². The molecule has 14 heavy (non-hydrogen) atoms. The Labute approximate surface area is 84.9 Å². The molecule has 1 heterocycles. The second-order valence-electron chi connectivity index (χ2n) is 4.01. The molecule has 0 spiro atoms. The first kappa shape index (κ1) is 11.2. The molecule has 0 aromatic carbocycles. The fourth-order valence-corrected chi connectivity index (χ4v) is 1.17. The maximum absolute atomic E-state index is 9.50. The van der Waals surface area contributed by atoms with E-state index in [0.717, 1.165) is 13.0 Å². The number of aliphatic hydroxyl groups excluding tert-OH is 1. The highest BCUT2D eigenvalue weighted by Crippen LogP contribution is 2.12. The van der Waals surface area contributed by atoms with Gasteiger partial charge < -0.3 is 5.11 Å². The Morgan fingerprint density at radius 3 is 2.79 bits per heavy atom. The number of aryl methyl sites for hydroxylation is 1. The van der Waals surface area contributed by atoms with Crippen molar-refractivity contribution < 1.29 is 5.11 Å². The topological polar surface area (TPSA) is 50.9 Å². The lowest BCUT2D eigenvalue weighted by molar-refractivity contribution is 0.168. The molecule has 0 aliphatic rings. The molecular weight excluding hydrogens is 178 g/mol. The van der Waals surface area contributed by atoms with Crippen LogP contribution in [-0.4, -0.2) is 20.1 Å². The standard InChI is InChI=1S/C10H19N3O/c1-4-10(14)9-7-13(12-11-9)6-5-8(2)3/h7-8,10,14H,4-6H2,1-3H3. The van der Waals surface area contributed by atoms with Crippen LogP contribution < -0.4 is 0 Å². The van der Waals surface area contributed by atoms with Crippen molar-refractivity contribution in [2.45, 2.75) is 46.3 Å². The molecule has 1 aromatic rings. The summed E-state index contributed by atoms with van der Waals surface area (Å²) in [5, 5.41) is 17.4. The summed E-state index contributed by atoms with van der Waals surface area (Å²) < 4.78 is 1.80. The highest BCUT2D eigenvalue weighted by molar-refractivity contribution is 4.96. The van der Waals surface area contributed by atoms with Gasteiger partial charge in [-0.2, -0.15) is 0 Å². The Kier molecular flexibility index (Phi) is 4.07. The van der Waals surface area contributed by atoms with Crippen molar-refractivity contribution in [3.8, 4) is 0 Å². The summed E-state index contributed by atoms with van der Waals surface area (Å²) in [5.74, 6) is 0.666. The first-order valence-corrected chi connectivity index (χ1v) is 5.21. The molecule has 0 radical (unpaired) electrons. The third kappa shape index (κ3) is 3.10. The van der Waals surface area contributed by atoms with Gasteiger partial charge in [0.15, 0.2) is 0 Å². The van der Waals surface area contributed by atoms with E-state index in [9.17, 15) is 5.11 Å². The number of aliphatic hydroxyl groups is 1. The summed E-state index contributed by atoms with van der Waals surface area (Å²) in [5.41, 5.74) is 0.677. The molecule has 0 fully saturated rings. The predicted octanol–water partition coefficient (Wildman–Crippen LogP) is 1.77. The zero-order chi connectivity index (χ0) is 10.6. The van der Waals surface area contributed by atoms with Gasteiger partial charge in [0.25, 0.3) is 0 Å². The summed E-state index contributed by atoms with van der Waals surface area (Å²) in [6.45, 7) is 7.16. The predicted molar refractivity (Wildman–Crippen MR) is 54.7 cm³/mol. The molecule has 1 rings (SSSR count). The van der Waals surface area contributed by atoms with E-state index in [1.165, 1.54) is 0 Å². The lowest BCUT2D eigenvalue weighted by Crippen LogP contribution is -2.02. The highest BCUT2D eigenvalue weighted by atomic mass is 16.3. The van der Waals surface area contributed by atoms with Crippen molar-refractivity contribution in [1.82, 2.24) is 15.0 Å². The summed E-state index contributed by atoms with van der Waals surface area (Å²) in [7, 11) is 0. The number of hydrogen-bond donors (Lipinski definition) is 1. The van der Waals surface area contributed by atoms with Crippen LogP contribution >= 0.6 is 0 Å². The third-order valence-corrected chi connectivity index (χ3v) is 2.22. The molecule has 0 amide bonds. The fraction of sp³-hybridized carbons (Fsp3) is 0.800. The lowest BCUT2D eigenvalue weighted by Gasteiger charge is -2.03. The van der Waals surface area contributed by atoms with Gasteiger partial charge in [-0.15, -0.1) is 5.10 Å². The zero-order valence-electron chi connectivity index (χ0n) is 9.14. The molecule has 1 N–H and O–H groups in total. The van der Waals surface area contributed by atoms with Crippen LogP contribution in [0.15, 0.2) is 6.20 Å². The monoisotopic (exact) mass is 197 g/mol. The Balaban J connectivity index is 2.50. The summed E-state index contributed by atoms with van der Waals surface area (Å²) in [6, 6.07) is 0. The van der Waals surface area contributed by atoms with Crippen LogP contribution in [-0.2, 0) is 6.54 Å². The third-order valence-electron chi connectivity index (χ3n) is 2.22. The van der Waals surface area contributed by atoms with Gasteiger partial charge in [0.05, 0.1) is 12.3 Å². The molecular formula is C10H19N3O. The fourth-order valence-electron chi connectivity index (χ4n) is 1.17. The molecule has 0 aliphatic heterocycles. The molecule has 1 atom stereocenters. The Hall–Kier alpha value is -0.900. The second kappa shape index (κ2) is 5.10. The van der Waals surface area contributed by atoms with E-state index >= 15 is 0 Å². The van der Waals surface area contributed by atoms with E-state index in [4.69, 9.17) is 0 Å². The second-order valence-corrected chi connectivity index (χ2v) is 4.01. The van der Waals surface area contributed by atoms with E-state index in [-0.39, 0.29) is 0 Å². The largest absolute Gasteiger partial charge is 0.387 e. The van der Waals surface area contributed by atoms with Crippen molar-refractivity contribution in [1.29, 1.82) is 0 Å². The minimum Gasteiger partial charge on any atom is -0.387 e. The van der Waals surface area contributed by atoms with Crippen molar-refractivity contribution in [2.75, 3.05) is 0 Å². The average molecular weight is 197 g/mol. The van der Waals surface area contributed by atoms with Crippen molar-refractivity contribution >= 4 is 0 Å². The van der Waals surface area contributed by atoms with E-state index in [0.29, 0.717) is 18.0 Å². The van der Waals surface area contributed by atoms with Gasteiger partial charge in [0.1, 0.15) is 5.69 Å². The highest BCUT2D eigenvalue weighted by Gasteiger charge is 2.09. The van der Waals surface area contributed by atoms with Crippen molar-refractivity contribution in [3.05, 3.63) is 11.9 Å². The minimum atomic E-state index is -0.470. The normalized spacial score (nSPS) is 13.5. The molecule has 0 aliphatic carbocycles. The van der Waals surface area contributed by atoms with Crippen LogP contribution in [0.2, 0.25) is 0 Å². The SMILES string of the molecule is CCC(O)c1cn(CCC(C)C)nn1. The van der Waals surface area contributed by atoms with Crippen LogP contribution in [0.5, 0.6) is 0 Å². The molecule has 1 aromatic heterocycles. The van der Waals surface area contributed by atoms with Crippen LogP contribution in [0.4, 0.5) is 0 Å². The number of rotatable bonds is 5. The maximum atomic E-state index is 9.50. The first-order chi connectivity index (χ1) is 6.63. The van der Waals surface area contributed by atoms with Gasteiger partial charge in [-0.1, -0.05) is 26.0 Å². The van der Waals surface area contributed by atoms with E-state index in [1.54, 1.807) is 4.68 Å². The number of nitrogens with zero attached hydrogens (tertiary/aromatic N) is 3. The van der Waals surface area contributed by atoms with Crippen molar-refractivity contribution in [2.24, 2.45) is 5.92 Å². The van der Waals surface area contributed by atoms with Gasteiger partial charge in [-0.05, 0) is 18.8 Å². The van der Waals surface area contributed by atoms with Crippen LogP contribution in [0, 0.1) is 5.92 Å². The molecule has 80 valence electrons. The van der Waals surface area contributed by atoms with Gasteiger partial charge in [0, 0.05) is 6.54 Å². The summed E-state index contributed by atoms with van der Waals surface area (Å²) in [6.07, 6.45) is 3.13. The quantitative estimate of drug-likeness (QED) is 0.782. The van der Waals surface area contributed by atoms with Gasteiger partial charge >= 0.3 is 0 Å². The molecule has 0 saturated heterocycles. The summed E-state index contributed by atoms with van der Waals surface area (Å²) >= 11 is 0. The van der Waals surface area contributed by atoms with Gasteiger partial charge in [0.2, 0.25) is 0 Å². The van der Waals surface area contributed by atoms with E-state index in [2.05, 4.69) is 24.2 Å². The lowest BCUT2D eigenvalue weighted by atomic mass is 10.1.